The van der Waals surface area contributed by atoms with Crippen LogP contribution in [0.15, 0.2) is 12.3 Å². The van der Waals surface area contributed by atoms with Crippen LogP contribution in [0.3, 0.4) is 0 Å². The molecule has 18 heavy (non-hydrogen) atoms. The molecule has 0 aliphatic rings. The number of hydrogen-bond acceptors (Lipinski definition) is 3. The van der Waals surface area contributed by atoms with Gasteiger partial charge in [-0.1, -0.05) is 13.8 Å². The van der Waals surface area contributed by atoms with Crippen molar-refractivity contribution < 1.29 is 4.79 Å². The van der Waals surface area contributed by atoms with E-state index in [9.17, 15) is 4.79 Å². The fourth-order valence-corrected chi connectivity index (χ4v) is 2.02. The van der Waals surface area contributed by atoms with Crippen LogP contribution in [-0.2, 0) is 7.05 Å². The van der Waals surface area contributed by atoms with Crippen molar-refractivity contribution in [3.63, 3.8) is 0 Å². The number of nitrogens with two attached hydrogens (primary N) is 1. The van der Waals surface area contributed by atoms with Crippen molar-refractivity contribution in [1.82, 2.24) is 15.1 Å². The van der Waals surface area contributed by atoms with E-state index in [2.05, 4.69) is 24.3 Å². The average Bonchev–Trinajstić information content (AvgIpc) is 2.63. The van der Waals surface area contributed by atoms with E-state index in [1.54, 1.807) is 24.0 Å². The van der Waals surface area contributed by atoms with Crippen LogP contribution in [0.1, 0.15) is 37.7 Å². The minimum Gasteiger partial charge on any atom is -0.344 e. The number of halogens is 1. The highest BCUT2D eigenvalue weighted by atomic mass is 35.5. The van der Waals surface area contributed by atoms with Crippen molar-refractivity contribution in [2.24, 2.45) is 18.7 Å². The Morgan fingerprint density at radius 1 is 1.61 bits per heavy atom. The quantitative estimate of drug-likeness (QED) is 0.851. The predicted octanol–water partition coefficient (Wildman–Crippen LogP) is 1.34. The summed E-state index contributed by atoms with van der Waals surface area (Å²) in [4.78, 5) is 12.1. The second-order valence-corrected chi connectivity index (χ2v) is 5.16. The summed E-state index contributed by atoms with van der Waals surface area (Å²) in [7, 11) is 1.75. The fraction of sp³-hybridized carbons (Fsp3) is 0.667. The van der Waals surface area contributed by atoms with E-state index >= 15 is 0 Å². The van der Waals surface area contributed by atoms with Gasteiger partial charge in [-0.3, -0.25) is 9.48 Å². The number of hydrogen-bond donors (Lipinski definition) is 2. The van der Waals surface area contributed by atoms with Gasteiger partial charge in [-0.15, -0.1) is 12.4 Å². The van der Waals surface area contributed by atoms with Crippen molar-refractivity contribution in [3.05, 3.63) is 18.0 Å². The van der Waals surface area contributed by atoms with Crippen LogP contribution in [0.5, 0.6) is 0 Å². The standard InChI is InChI=1S/C12H22N4O.ClH/c1-9(2)7-12(3,8-13)15-11(17)10-5-6-14-16(10)4;/h5-6,9H,7-8,13H2,1-4H3,(H,15,17);1H. The zero-order chi connectivity index (χ0) is 13.1. The summed E-state index contributed by atoms with van der Waals surface area (Å²) in [6.45, 7) is 6.63. The molecule has 0 aliphatic heterocycles. The zero-order valence-electron chi connectivity index (χ0n) is 11.4. The van der Waals surface area contributed by atoms with Crippen molar-refractivity contribution >= 4 is 18.3 Å². The Morgan fingerprint density at radius 2 is 2.22 bits per heavy atom. The first-order chi connectivity index (χ1) is 7.88. The van der Waals surface area contributed by atoms with E-state index in [1.165, 1.54) is 0 Å². The molecular formula is C12H23ClN4O. The molecule has 6 heteroatoms. The highest BCUT2D eigenvalue weighted by Gasteiger charge is 2.27. The van der Waals surface area contributed by atoms with Crippen LogP contribution in [0.25, 0.3) is 0 Å². The van der Waals surface area contributed by atoms with E-state index < -0.39 is 0 Å². The molecule has 5 nitrogen and oxygen atoms in total. The van der Waals surface area contributed by atoms with Gasteiger partial charge in [0.15, 0.2) is 0 Å². The molecule has 3 N–H and O–H groups in total. The lowest BCUT2D eigenvalue weighted by molar-refractivity contribution is 0.0888. The van der Waals surface area contributed by atoms with Crippen LogP contribution in [-0.4, -0.2) is 27.8 Å². The Morgan fingerprint density at radius 3 is 2.61 bits per heavy atom. The van der Waals surface area contributed by atoms with Gasteiger partial charge in [0.2, 0.25) is 0 Å². The fourth-order valence-electron chi connectivity index (χ4n) is 2.02. The molecule has 1 heterocycles. The predicted molar refractivity (Wildman–Crippen MR) is 74.8 cm³/mol. The summed E-state index contributed by atoms with van der Waals surface area (Å²) in [6, 6.07) is 1.70. The Labute approximate surface area is 115 Å². The zero-order valence-corrected chi connectivity index (χ0v) is 12.3. The number of aryl methyl sites for hydroxylation is 1. The van der Waals surface area contributed by atoms with Crippen LogP contribution < -0.4 is 11.1 Å². The van der Waals surface area contributed by atoms with E-state index in [0.717, 1.165) is 6.42 Å². The van der Waals surface area contributed by atoms with Gasteiger partial charge in [0.1, 0.15) is 5.69 Å². The number of rotatable bonds is 5. The van der Waals surface area contributed by atoms with Crippen LogP contribution >= 0.6 is 12.4 Å². The monoisotopic (exact) mass is 274 g/mol. The molecule has 1 unspecified atom stereocenters. The third kappa shape index (κ3) is 4.31. The van der Waals surface area contributed by atoms with Gasteiger partial charge in [-0.25, -0.2) is 0 Å². The normalized spacial score (nSPS) is 13.9. The Kier molecular flexibility index (Phi) is 6.35. The molecule has 0 saturated heterocycles. The minimum absolute atomic E-state index is 0. The maximum absolute atomic E-state index is 12.1. The van der Waals surface area contributed by atoms with Crippen molar-refractivity contribution in [2.75, 3.05) is 6.54 Å². The number of nitrogens with one attached hydrogen (secondary N) is 1. The third-order valence-corrected chi connectivity index (χ3v) is 2.78. The number of aromatic nitrogens is 2. The molecule has 1 atom stereocenters. The molecule has 0 radical (unpaired) electrons. The molecule has 0 spiro atoms. The van der Waals surface area contributed by atoms with Gasteiger partial charge in [0.05, 0.1) is 5.54 Å². The van der Waals surface area contributed by atoms with Gasteiger partial charge in [0, 0.05) is 19.8 Å². The first-order valence-electron chi connectivity index (χ1n) is 5.88. The molecule has 0 saturated carbocycles. The van der Waals surface area contributed by atoms with E-state index in [1.807, 2.05) is 6.92 Å². The van der Waals surface area contributed by atoms with Gasteiger partial charge >= 0.3 is 0 Å². The third-order valence-electron chi connectivity index (χ3n) is 2.78. The highest BCUT2D eigenvalue weighted by molar-refractivity contribution is 5.92. The van der Waals surface area contributed by atoms with Gasteiger partial charge in [-0.05, 0) is 25.3 Å². The van der Waals surface area contributed by atoms with Crippen molar-refractivity contribution in [3.8, 4) is 0 Å². The van der Waals surface area contributed by atoms with E-state index in [4.69, 9.17) is 5.73 Å². The number of carbonyl (C=O) groups is 1. The Bertz CT molecular complexity index is 391. The van der Waals surface area contributed by atoms with Crippen LogP contribution in [0, 0.1) is 5.92 Å². The van der Waals surface area contributed by atoms with Gasteiger partial charge in [-0.2, -0.15) is 5.10 Å². The van der Waals surface area contributed by atoms with E-state index in [0.29, 0.717) is 18.2 Å². The maximum Gasteiger partial charge on any atom is 0.270 e. The topological polar surface area (TPSA) is 72.9 Å². The first-order valence-corrected chi connectivity index (χ1v) is 5.88. The molecule has 0 aliphatic carbocycles. The lowest BCUT2D eigenvalue weighted by Crippen LogP contribution is -2.52. The Hall–Kier alpha value is -1.07. The van der Waals surface area contributed by atoms with Crippen molar-refractivity contribution in [2.45, 2.75) is 32.7 Å². The van der Waals surface area contributed by atoms with Gasteiger partial charge in [0.25, 0.3) is 5.91 Å². The van der Waals surface area contributed by atoms with E-state index in [-0.39, 0.29) is 23.9 Å². The molecule has 104 valence electrons. The first kappa shape index (κ1) is 16.9. The van der Waals surface area contributed by atoms with Gasteiger partial charge < -0.3 is 11.1 Å². The minimum atomic E-state index is -0.366. The average molecular weight is 275 g/mol. The number of amides is 1. The molecule has 0 fully saturated rings. The lowest BCUT2D eigenvalue weighted by Gasteiger charge is -2.31. The maximum atomic E-state index is 12.1. The lowest BCUT2D eigenvalue weighted by atomic mass is 9.90. The molecule has 0 bridgehead atoms. The van der Waals surface area contributed by atoms with Crippen LogP contribution in [0.4, 0.5) is 0 Å². The molecule has 1 aromatic heterocycles. The largest absolute Gasteiger partial charge is 0.344 e. The molecule has 1 amide bonds. The SMILES string of the molecule is CC(C)CC(C)(CN)NC(=O)c1ccnn1C.Cl. The molecule has 0 aromatic carbocycles. The second-order valence-electron chi connectivity index (χ2n) is 5.16. The summed E-state index contributed by atoms with van der Waals surface area (Å²) in [5, 5.41) is 6.97. The number of carbonyl (C=O) groups excluding carboxylic acids is 1. The Balaban J connectivity index is 0.00000289. The summed E-state index contributed by atoms with van der Waals surface area (Å²) >= 11 is 0. The second kappa shape index (κ2) is 6.75. The molecule has 1 rings (SSSR count). The molecular weight excluding hydrogens is 252 g/mol. The molecule has 1 aromatic rings. The number of nitrogens with zero attached hydrogens (tertiary/aromatic N) is 2. The smallest absolute Gasteiger partial charge is 0.270 e. The highest BCUT2D eigenvalue weighted by Crippen LogP contribution is 2.16. The summed E-state index contributed by atoms with van der Waals surface area (Å²) in [5.41, 5.74) is 5.94. The summed E-state index contributed by atoms with van der Waals surface area (Å²) < 4.78 is 1.56. The summed E-state index contributed by atoms with van der Waals surface area (Å²) in [6.07, 6.45) is 2.46. The van der Waals surface area contributed by atoms with Crippen molar-refractivity contribution in [1.29, 1.82) is 0 Å². The van der Waals surface area contributed by atoms with Crippen LogP contribution in [0.2, 0.25) is 0 Å². The summed E-state index contributed by atoms with van der Waals surface area (Å²) in [5.74, 6) is 0.356.